The van der Waals surface area contributed by atoms with Crippen LogP contribution in [0.2, 0.25) is 0 Å². The van der Waals surface area contributed by atoms with Gasteiger partial charge in [0.2, 0.25) is 0 Å². The first-order valence-electron chi connectivity index (χ1n) is 8.96. The Kier molecular flexibility index (Phi) is 5.09. The maximum Gasteiger partial charge on any atom is 0.179 e. The van der Waals surface area contributed by atoms with Crippen LogP contribution in [0.3, 0.4) is 0 Å². The summed E-state index contributed by atoms with van der Waals surface area (Å²) >= 11 is 0. The Labute approximate surface area is 169 Å². The molecule has 0 unspecified atom stereocenters. The zero-order chi connectivity index (χ0) is 20.3. The Hall–Kier alpha value is -3.52. The number of sulfone groups is 1. The number of nitrogens with zero attached hydrogens (tertiary/aromatic N) is 4. The summed E-state index contributed by atoms with van der Waals surface area (Å²) < 4.78 is 25.9. The molecule has 0 aliphatic heterocycles. The summed E-state index contributed by atoms with van der Waals surface area (Å²) in [5.41, 5.74) is 3.56. The topological polar surface area (TPSA) is 89.8 Å². The quantitative estimate of drug-likeness (QED) is 0.529. The molecule has 1 aromatic carbocycles. The van der Waals surface area contributed by atoms with Gasteiger partial charge in [0, 0.05) is 48.7 Å². The van der Waals surface area contributed by atoms with E-state index in [9.17, 15) is 8.42 Å². The van der Waals surface area contributed by atoms with Gasteiger partial charge in [0.25, 0.3) is 0 Å². The van der Waals surface area contributed by atoms with Gasteiger partial charge in [-0.05, 0) is 36.4 Å². The van der Waals surface area contributed by atoms with Crippen LogP contribution in [0.1, 0.15) is 5.56 Å². The fourth-order valence-corrected chi connectivity index (χ4v) is 3.81. The van der Waals surface area contributed by atoms with E-state index in [-0.39, 0.29) is 4.90 Å². The maximum atomic E-state index is 12.0. The Morgan fingerprint density at radius 1 is 0.966 bits per heavy atom. The van der Waals surface area contributed by atoms with E-state index >= 15 is 0 Å². The SMILES string of the molecule is CS(=O)(=O)c1cccnc1NCc1cn(-c2ccccc2)nc1-c1ccncc1. The van der Waals surface area contributed by atoms with Crippen LogP contribution in [0.25, 0.3) is 16.9 Å². The second kappa shape index (κ2) is 7.84. The molecule has 0 atom stereocenters. The van der Waals surface area contributed by atoms with Gasteiger partial charge < -0.3 is 5.32 Å². The van der Waals surface area contributed by atoms with Crippen molar-refractivity contribution in [1.82, 2.24) is 19.7 Å². The Balaban J connectivity index is 1.71. The summed E-state index contributed by atoms with van der Waals surface area (Å²) in [5.74, 6) is 0.322. The molecule has 0 fully saturated rings. The van der Waals surface area contributed by atoms with E-state index in [0.717, 1.165) is 22.5 Å². The number of nitrogens with one attached hydrogen (secondary N) is 1. The van der Waals surface area contributed by atoms with Gasteiger partial charge in [0.1, 0.15) is 10.7 Å². The Morgan fingerprint density at radius 2 is 1.72 bits per heavy atom. The molecule has 0 amide bonds. The average Bonchev–Trinajstić information content (AvgIpc) is 3.17. The molecule has 3 aromatic heterocycles. The van der Waals surface area contributed by atoms with Gasteiger partial charge in [-0.2, -0.15) is 5.10 Å². The highest BCUT2D eigenvalue weighted by molar-refractivity contribution is 7.90. The third kappa shape index (κ3) is 4.17. The zero-order valence-electron chi connectivity index (χ0n) is 15.7. The summed E-state index contributed by atoms with van der Waals surface area (Å²) in [6.45, 7) is 0.365. The summed E-state index contributed by atoms with van der Waals surface area (Å²) in [6.07, 6.45) is 8.10. The minimum Gasteiger partial charge on any atom is -0.365 e. The van der Waals surface area contributed by atoms with Crippen molar-refractivity contribution in [3.63, 3.8) is 0 Å². The summed E-state index contributed by atoms with van der Waals surface area (Å²) in [7, 11) is -3.39. The first-order valence-corrected chi connectivity index (χ1v) is 10.8. The number of rotatable bonds is 6. The largest absolute Gasteiger partial charge is 0.365 e. The number of hydrogen-bond acceptors (Lipinski definition) is 6. The summed E-state index contributed by atoms with van der Waals surface area (Å²) in [5, 5.41) is 7.90. The molecule has 0 spiro atoms. The van der Waals surface area contributed by atoms with Crippen molar-refractivity contribution in [2.75, 3.05) is 11.6 Å². The Morgan fingerprint density at radius 3 is 2.45 bits per heavy atom. The first-order chi connectivity index (χ1) is 14.0. The number of pyridine rings is 2. The normalized spacial score (nSPS) is 11.3. The molecular formula is C21H19N5O2S. The predicted octanol–water partition coefficient (Wildman–Crippen LogP) is 3.34. The fraction of sp³-hybridized carbons (Fsp3) is 0.0952. The van der Waals surface area contributed by atoms with Gasteiger partial charge >= 0.3 is 0 Å². The van der Waals surface area contributed by atoms with Gasteiger partial charge in [-0.25, -0.2) is 18.1 Å². The number of anilines is 1. The molecule has 0 radical (unpaired) electrons. The highest BCUT2D eigenvalue weighted by atomic mass is 32.2. The molecular weight excluding hydrogens is 386 g/mol. The minimum atomic E-state index is -3.39. The van der Waals surface area contributed by atoms with E-state index < -0.39 is 9.84 Å². The van der Waals surface area contributed by atoms with Gasteiger partial charge in [0.05, 0.1) is 11.4 Å². The van der Waals surface area contributed by atoms with Crippen LogP contribution in [0.4, 0.5) is 5.82 Å². The van der Waals surface area contributed by atoms with Crippen molar-refractivity contribution in [2.24, 2.45) is 0 Å². The van der Waals surface area contributed by atoms with Gasteiger partial charge in [-0.1, -0.05) is 18.2 Å². The maximum absolute atomic E-state index is 12.0. The van der Waals surface area contributed by atoms with E-state index in [1.54, 1.807) is 30.7 Å². The second-order valence-corrected chi connectivity index (χ2v) is 8.48. The van der Waals surface area contributed by atoms with Gasteiger partial charge in [-0.15, -0.1) is 0 Å². The van der Waals surface area contributed by atoms with Crippen LogP contribution < -0.4 is 5.32 Å². The van der Waals surface area contributed by atoms with Crippen LogP contribution >= 0.6 is 0 Å². The third-order valence-electron chi connectivity index (χ3n) is 4.38. The fourth-order valence-electron chi connectivity index (χ4n) is 3.01. The first kappa shape index (κ1) is 18.8. The highest BCUT2D eigenvalue weighted by Crippen LogP contribution is 2.25. The van der Waals surface area contributed by atoms with E-state index in [2.05, 4.69) is 15.3 Å². The van der Waals surface area contributed by atoms with Crippen LogP contribution in [-0.2, 0) is 16.4 Å². The molecule has 0 saturated carbocycles. The molecule has 8 heteroatoms. The second-order valence-electron chi connectivity index (χ2n) is 6.49. The van der Waals surface area contributed by atoms with Crippen molar-refractivity contribution in [3.05, 3.63) is 84.9 Å². The smallest absolute Gasteiger partial charge is 0.179 e. The highest BCUT2D eigenvalue weighted by Gasteiger charge is 2.16. The lowest BCUT2D eigenvalue weighted by Crippen LogP contribution is -2.08. The van der Waals surface area contributed by atoms with Crippen molar-refractivity contribution >= 4 is 15.7 Å². The van der Waals surface area contributed by atoms with Crippen LogP contribution in [0.5, 0.6) is 0 Å². The molecule has 0 bridgehead atoms. The summed E-state index contributed by atoms with van der Waals surface area (Å²) in [4.78, 5) is 8.44. The molecule has 1 N–H and O–H groups in total. The van der Waals surface area contributed by atoms with E-state index in [1.165, 1.54) is 6.26 Å². The lowest BCUT2D eigenvalue weighted by atomic mass is 10.1. The molecule has 3 heterocycles. The molecule has 146 valence electrons. The number of benzene rings is 1. The predicted molar refractivity (Wildman–Crippen MR) is 111 cm³/mol. The van der Waals surface area contributed by atoms with E-state index in [1.807, 2.05) is 53.3 Å². The number of hydrogen-bond donors (Lipinski definition) is 1. The monoisotopic (exact) mass is 405 g/mol. The van der Waals surface area contributed by atoms with Crippen molar-refractivity contribution in [3.8, 4) is 16.9 Å². The molecule has 0 aliphatic rings. The van der Waals surface area contributed by atoms with Crippen LogP contribution in [-0.4, -0.2) is 34.4 Å². The minimum absolute atomic E-state index is 0.168. The summed E-state index contributed by atoms with van der Waals surface area (Å²) in [6, 6.07) is 16.7. The molecule has 0 saturated heterocycles. The van der Waals surface area contributed by atoms with E-state index in [4.69, 9.17) is 5.10 Å². The number of aromatic nitrogens is 4. The number of para-hydroxylation sites is 1. The van der Waals surface area contributed by atoms with Crippen molar-refractivity contribution in [2.45, 2.75) is 11.4 Å². The van der Waals surface area contributed by atoms with Gasteiger partial charge in [0.15, 0.2) is 9.84 Å². The lowest BCUT2D eigenvalue weighted by molar-refractivity contribution is 0.601. The van der Waals surface area contributed by atoms with Gasteiger partial charge in [-0.3, -0.25) is 4.98 Å². The van der Waals surface area contributed by atoms with Crippen molar-refractivity contribution in [1.29, 1.82) is 0 Å². The van der Waals surface area contributed by atoms with E-state index in [0.29, 0.717) is 12.4 Å². The standard InChI is InChI=1S/C21H19N5O2S/c1-29(27,28)19-8-5-11-23-21(19)24-14-17-15-26(18-6-3-2-4-7-18)25-20(17)16-9-12-22-13-10-16/h2-13,15H,14H2,1H3,(H,23,24). The Bertz CT molecular complexity index is 1220. The molecule has 29 heavy (non-hydrogen) atoms. The molecule has 4 rings (SSSR count). The lowest BCUT2D eigenvalue weighted by Gasteiger charge is -2.09. The van der Waals surface area contributed by atoms with Crippen LogP contribution in [0.15, 0.2) is 84.3 Å². The molecule has 0 aliphatic carbocycles. The average molecular weight is 405 g/mol. The van der Waals surface area contributed by atoms with Crippen molar-refractivity contribution < 1.29 is 8.42 Å². The molecule has 4 aromatic rings. The zero-order valence-corrected chi connectivity index (χ0v) is 16.5. The molecule has 7 nitrogen and oxygen atoms in total. The van der Waals surface area contributed by atoms with Crippen LogP contribution in [0, 0.1) is 0 Å². The third-order valence-corrected chi connectivity index (χ3v) is 5.51.